The summed E-state index contributed by atoms with van der Waals surface area (Å²) in [7, 11) is 0. The molecule has 0 amide bonds. The zero-order chi connectivity index (χ0) is 42.2. The largest absolute Gasteiger partial charge is 0.481 e. The van der Waals surface area contributed by atoms with E-state index in [2.05, 4.69) is 63.1 Å². The number of azide groups is 1. The van der Waals surface area contributed by atoms with Crippen molar-refractivity contribution in [2.24, 2.45) is 61.8 Å². The summed E-state index contributed by atoms with van der Waals surface area (Å²) in [5, 5.41) is 14.5. The van der Waals surface area contributed by atoms with Crippen LogP contribution in [0.3, 0.4) is 0 Å². The second kappa shape index (κ2) is 15.0. The van der Waals surface area contributed by atoms with Crippen molar-refractivity contribution in [2.45, 2.75) is 156 Å². The van der Waals surface area contributed by atoms with Crippen LogP contribution in [-0.4, -0.2) is 57.4 Å². The number of aromatic nitrogens is 2. The number of nitrogens with one attached hydrogen (secondary N) is 1. The number of esters is 2. The Morgan fingerprint density at radius 2 is 1.71 bits per heavy atom. The molecule has 5 saturated carbocycles. The molecule has 0 spiro atoms. The fourth-order valence-electron chi connectivity index (χ4n) is 14.4. The number of aliphatic carboxylic acids is 1. The predicted octanol–water partition coefficient (Wildman–Crippen LogP) is 7.79. The summed E-state index contributed by atoms with van der Waals surface area (Å²) in [4.78, 5) is 68.6. The van der Waals surface area contributed by atoms with Crippen molar-refractivity contribution in [1.29, 1.82) is 0 Å². The van der Waals surface area contributed by atoms with E-state index in [0.717, 1.165) is 69.8 Å². The van der Waals surface area contributed by atoms with Gasteiger partial charge in [0.05, 0.1) is 24.3 Å². The van der Waals surface area contributed by atoms with Gasteiger partial charge < -0.3 is 19.3 Å². The summed E-state index contributed by atoms with van der Waals surface area (Å²) in [6.07, 6.45) is 8.52. The van der Waals surface area contributed by atoms with Crippen molar-refractivity contribution in [3.63, 3.8) is 0 Å². The molecule has 1 aliphatic heterocycles. The standard InChI is InChI=1S/C44H63N5O9/c1-24(2)26-13-18-44(38(53)54)20-19-42(7)27(36(26)44)9-10-31-41(6)16-15-32(40(4,5)30(41)14-17-43(31,42)8)58-35(51)12-11-34(50)56-23-29-28(47-48-45)21-33(57-29)49-22-25(3)37(52)46-39(49)55/h22,26-33,36H,1,9-21,23H2,2-8H3,(H,53,54)(H,46,52,55)/t26-,27+,28-,29+,30-,31+,32-,33?,36+,41-,42+,43+,44-/m0/s1. The van der Waals surface area contributed by atoms with Gasteiger partial charge in [-0.15, -0.1) is 0 Å². The Bertz CT molecular complexity index is 2020. The Hall–Kier alpha value is -3.90. The number of allylic oxidation sites excluding steroid dienone is 1. The molecule has 2 heterocycles. The molecule has 6 fully saturated rings. The summed E-state index contributed by atoms with van der Waals surface area (Å²) in [6.45, 7) is 19.8. The van der Waals surface area contributed by atoms with Crippen molar-refractivity contribution in [3.05, 3.63) is 55.2 Å². The molecular formula is C44H63N5O9. The van der Waals surface area contributed by atoms with Gasteiger partial charge in [-0.1, -0.05) is 51.9 Å². The van der Waals surface area contributed by atoms with Crippen molar-refractivity contribution < 1.29 is 33.7 Å². The number of rotatable bonds is 10. The lowest BCUT2D eigenvalue weighted by Gasteiger charge is -2.72. The fraction of sp³-hybridized carbons (Fsp3) is 0.795. The number of carbonyl (C=O) groups excluding carboxylic acids is 2. The first-order chi connectivity index (χ1) is 27.2. The molecule has 1 saturated heterocycles. The van der Waals surface area contributed by atoms with Gasteiger partial charge in [0.25, 0.3) is 5.56 Å². The van der Waals surface area contributed by atoms with E-state index in [0.29, 0.717) is 23.3 Å². The molecule has 7 rings (SSSR count). The second-order valence-electron chi connectivity index (χ2n) is 20.3. The molecule has 0 bridgehead atoms. The number of carboxylic acid groups (broad SMARTS) is 1. The molecule has 58 heavy (non-hydrogen) atoms. The van der Waals surface area contributed by atoms with Gasteiger partial charge in [-0.05, 0) is 129 Å². The first-order valence-electron chi connectivity index (χ1n) is 21.5. The lowest BCUT2D eigenvalue weighted by Crippen LogP contribution is -2.67. The lowest BCUT2D eigenvalue weighted by atomic mass is 9.32. The maximum absolute atomic E-state index is 13.3. The van der Waals surface area contributed by atoms with Crippen LogP contribution >= 0.6 is 0 Å². The Balaban J connectivity index is 0.963. The Morgan fingerprint density at radius 1 is 0.983 bits per heavy atom. The quantitative estimate of drug-likeness (QED) is 0.0778. The van der Waals surface area contributed by atoms with Gasteiger partial charge in [0.1, 0.15) is 25.0 Å². The van der Waals surface area contributed by atoms with Crippen LogP contribution in [-0.2, 0) is 28.6 Å². The van der Waals surface area contributed by atoms with Crippen molar-refractivity contribution >= 4 is 17.9 Å². The van der Waals surface area contributed by atoms with E-state index >= 15 is 0 Å². The van der Waals surface area contributed by atoms with Gasteiger partial charge in [0.2, 0.25) is 0 Å². The Morgan fingerprint density at radius 3 is 2.40 bits per heavy atom. The van der Waals surface area contributed by atoms with Crippen LogP contribution in [0.1, 0.15) is 137 Å². The third-order valence-electron chi connectivity index (χ3n) is 17.5. The molecule has 6 aliphatic rings. The predicted molar refractivity (Wildman–Crippen MR) is 214 cm³/mol. The van der Waals surface area contributed by atoms with Crippen molar-refractivity contribution in [1.82, 2.24) is 9.55 Å². The number of aryl methyl sites for hydroxylation is 1. The summed E-state index contributed by atoms with van der Waals surface area (Å²) in [5.74, 6) is -0.112. The average Bonchev–Trinajstić information content (AvgIpc) is 3.75. The van der Waals surface area contributed by atoms with Crippen LogP contribution in [0.2, 0.25) is 0 Å². The van der Waals surface area contributed by atoms with Gasteiger partial charge in [-0.3, -0.25) is 28.7 Å². The molecule has 2 N–H and O–H groups in total. The number of carboxylic acids is 1. The highest BCUT2D eigenvalue weighted by molar-refractivity contribution is 5.78. The number of ether oxygens (including phenoxy) is 3. The van der Waals surface area contributed by atoms with Crippen LogP contribution in [0.5, 0.6) is 0 Å². The number of fused-ring (bicyclic) bond motifs is 7. The topological polar surface area (TPSA) is 203 Å². The first kappa shape index (κ1) is 42.2. The molecule has 0 radical (unpaired) electrons. The van der Waals surface area contributed by atoms with Crippen LogP contribution < -0.4 is 11.2 Å². The van der Waals surface area contributed by atoms with Gasteiger partial charge in [0, 0.05) is 28.5 Å². The van der Waals surface area contributed by atoms with E-state index in [1.165, 1.54) is 10.8 Å². The van der Waals surface area contributed by atoms with E-state index < -0.39 is 52.9 Å². The highest BCUT2D eigenvalue weighted by Crippen LogP contribution is 2.77. The minimum atomic E-state index is -0.832. The molecule has 5 aliphatic carbocycles. The molecule has 1 aromatic rings. The normalized spacial score (nSPS) is 41.1. The minimum absolute atomic E-state index is 0.0327. The van der Waals surface area contributed by atoms with E-state index in [4.69, 9.17) is 19.7 Å². The number of hydrogen-bond acceptors (Lipinski definition) is 9. The Kier molecular flexibility index (Phi) is 10.9. The molecule has 14 heteroatoms. The summed E-state index contributed by atoms with van der Waals surface area (Å²) in [5.41, 5.74) is 8.59. The van der Waals surface area contributed by atoms with Crippen molar-refractivity contribution in [2.75, 3.05) is 6.61 Å². The number of nitrogens with zero attached hydrogens (tertiary/aromatic N) is 4. The number of hydrogen-bond donors (Lipinski definition) is 2. The number of carbonyl (C=O) groups is 3. The second-order valence-corrected chi connectivity index (χ2v) is 20.3. The van der Waals surface area contributed by atoms with Gasteiger partial charge >= 0.3 is 23.6 Å². The molecule has 13 atom stereocenters. The molecule has 318 valence electrons. The molecule has 14 nitrogen and oxygen atoms in total. The van der Waals surface area contributed by atoms with E-state index in [1.807, 2.05) is 0 Å². The monoisotopic (exact) mass is 805 g/mol. The molecule has 1 unspecified atom stereocenters. The summed E-state index contributed by atoms with van der Waals surface area (Å²) in [6, 6.07) is -0.720. The van der Waals surface area contributed by atoms with Crippen molar-refractivity contribution in [3.8, 4) is 0 Å². The SMILES string of the molecule is C=C(C)[C@@H]1CC[C@]2(C(=O)O)CC[C@]3(C)[C@H](CC[C@@H]4[C@@]5(C)CC[C@H](OC(=O)CCC(=O)OC[C@H]6OC(n7cc(C)c(=O)[nH]c7=O)C[C@@H]6N=[N+]=[N-])C(C)(C)[C@@H]5CC[C@]43C)[C@@H]12. The maximum Gasteiger partial charge on any atom is 0.330 e. The highest BCUT2D eigenvalue weighted by atomic mass is 16.6. The number of aromatic amines is 1. The van der Waals surface area contributed by atoms with Crippen LogP contribution in [0.25, 0.3) is 10.4 Å². The molecular weight excluding hydrogens is 743 g/mol. The molecule has 1 aromatic heterocycles. The zero-order valence-electron chi connectivity index (χ0n) is 35.4. The highest BCUT2D eigenvalue weighted by Gasteiger charge is 2.72. The summed E-state index contributed by atoms with van der Waals surface area (Å²) >= 11 is 0. The van der Waals surface area contributed by atoms with Gasteiger partial charge in [-0.2, -0.15) is 0 Å². The van der Waals surface area contributed by atoms with Gasteiger partial charge in [-0.25, -0.2) is 4.79 Å². The molecule has 0 aromatic carbocycles. The van der Waals surface area contributed by atoms with Crippen LogP contribution in [0, 0.1) is 63.6 Å². The zero-order valence-corrected chi connectivity index (χ0v) is 35.4. The minimum Gasteiger partial charge on any atom is -0.481 e. The Labute approximate surface area is 340 Å². The van der Waals surface area contributed by atoms with E-state index in [-0.39, 0.29) is 65.5 Å². The average molecular weight is 806 g/mol. The van der Waals surface area contributed by atoms with Crippen LogP contribution in [0.4, 0.5) is 0 Å². The first-order valence-corrected chi connectivity index (χ1v) is 21.5. The van der Waals surface area contributed by atoms with Gasteiger partial charge in [0.15, 0.2) is 0 Å². The lowest BCUT2D eigenvalue weighted by molar-refractivity contribution is -0.250. The van der Waals surface area contributed by atoms with E-state index in [1.54, 1.807) is 6.92 Å². The van der Waals surface area contributed by atoms with Crippen LogP contribution in [0.15, 0.2) is 33.1 Å². The smallest absolute Gasteiger partial charge is 0.330 e. The summed E-state index contributed by atoms with van der Waals surface area (Å²) < 4.78 is 18.8. The fourth-order valence-corrected chi connectivity index (χ4v) is 14.4. The third-order valence-corrected chi connectivity index (χ3v) is 17.5. The third kappa shape index (κ3) is 6.55. The maximum atomic E-state index is 13.3. The number of H-pyrrole nitrogens is 1. The van der Waals surface area contributed by atoms with E-state index in [9.17, 15) is 29.1 Å².